The Kier molecular flexibility index (Phi) is 2.92. The molecule has 1 aliphatic rings. The van der Waals surface area contributed by atoms with Crippen molar-refractivity contribution < 1.29 is 5.11 Å². The molecular weight excluding hydrogens is 224 g/mol. The highest BCUT2D eigenvalue weighted by Gasteiger charge is 2.29. The number of hydrogen-bond acceptors (Lipinski definition) is 3. The summed E-state index contributed by atoms with van der Waals surface area (Å²) in [6.07, 6.45) is 2.08. The number of rotatable bonds is 4. The molecule has 18 heavy (non-hydrogen) atoms. The Morgan fingerprint density at radius 2 is 2.17 bits per heavy atom. The highest BCUT2D eigenvalue weighted by Crippen LogP contribution is 2.32. The van der Waals surface area contributed by atoms with Crippen molar-refractivity contribution in [3.8, 4) is 0 Å². The predicted molar refractivity (Wildman–Crippen MR) is 73.7 cm³/mol. The number of aromatic nitrogens is 1. The Bertz CT molecular complexity index is 563. The first kappa shape index (κ1) is 11.5. The van der Waals surface area contributed by atoms with Crippen molar-refractivity contribution in [3.63, 3.8) is 0 Å². The molecule has 0 spiro atoms. The third-order valence-electron chi connectivity index (χ3n) is 3.56. The Balaban J connectivity index is 1.80. The summed E-state index contributed by atoms with van der Waals surface area (Å²) in [5, 5.41) is 14.3. The lowest BCUT2D eigenvalue weighted by Gasteiger charge is -2.13. The third kappa shape index (κ3) is 2.31. The van der Waals surface area contributed by atoms with Gasteiger partial charge in [-0.25, -0.2) is 4.98 Å². The summed E-state index contributed by atoms with van der Waals surface area (Å²) < 4.78 is 0. The summed E-state index contributed by atoms with van der Waals surface area (Å²) in [7, 11) is 0. The maximum atomic E-state index is 9.86. The molecule has 3 heteroatoms. The molecule has 1 aromatic carbocycles. The van der Waals surface area contributed by atoms with Crippen LogP contribution in [0.2, 0.25) is 0 Å². The van der Waals surface area contributed by atoms with Crippen LogP contribution in [0.3, 0.4) is 0 Å². The van der Waals surface area contributed by atoms with E-state index in [1.54, 1.807) is 0 Å². The van der Waals surface area contributed by atoms with Gasteiger partial charge in [-0.1, -0.05) is 18.2 Å². The summed E-state index contributed by atoms with van der Waals surface area (Å²) in [6, 6.07) is 10.2. The Labute approximate surface area is 107 Å². The number of nitrogens with zero attached hydrogens (tertiary/aromatic N) is 1. The number of anilines is 1. The van der Waals surface area contributed by atoms with Gasteiger partial charge in [-0.15, -0.1) is 0 Å². The molecule has 0 saturated heterocycles. The van der Waals surface area contributed by atoms with Gasteiger partial charge in [-0.3, -0.25) is 0 Å². The fourth-order valence-electron chi connectivity index (χ4n) is 2.25. The van der Waals surface area contributed by atoms with Gasteiger partial charge >= 0.3 is 0 Å². The van der Waals surface area contributed by atoms with E-state index in [1.807, 2.05) is 25.1 Å². The first-order chi connectivity index (χ1) is 8.74. The van der Waals surface area contributed by atoms with E-state index >= 15 is 0 Å². The molecule has 1 aromatic heterocycles. The number of fused-ring (bicyclic) bond motifs is 1. The first-order valence-corrected chi connectivity index (χ1v) is 6.52. The number of aliphatic hydroxyl groups excluding tert-OH is 1. The lowest BCUT2D eigenvalue weighted by atomic mass is 10.1. The molecule has 1 atom stereocenters. The van der Waals surface area contributed by atoms with Gasteiger partial charge in [0.2, 0.25) is 0 Å². The average Bonchev–Trinajstić information content (AvgIpc) is 3.20. The van der Waals surface area contributed by atoms with Gasteiger partial charge in [0.25, 0.3) is 0 Å². The molecule has 3 nitrogen and oxygen atoms in total. The van der Waals surface area contributed by atoms with Crippen LogP contribution < -0.4 is 5.32 Å². The molecule has 1 unspecified atom stereocenters. The smallest absolute Gasteiger partial charge is 0.129 e. The minimum absolute atomic E-state index is 0.238. The summed E-state index contributed by atoms with van der Waals surface area (Å²) in [4.78, 5) is 4.60. The van der Waals surface area contributed by atoms with E-state index in [0.717, 1.165) is 35.1 Å². The SMILES string of the molecule is Cc1cc2ccccc2nc1NCC(O)C1CC1. The van der Waals surface area contributed by atoms with Crippen molar-refractivity contribution in [2.24, 2.45) is 5.92 Å². The molecule has 1 fully saturated rings. The second-order valence-corrected chi connectivity index (χ2v) is 5.13. The van der Waals surface area contributed by atoms with Crippen molar-refractivity contribution >= 4 is 16.7 Å². The molecule has 1 saturated carbocycles. The van der Waals surface area contributed by atoms with Gasteiger partial charge in [-0.2, -0.15) is 0 Å². The van der Waals surface area contributed by atoms with Gasteiger partial charge in [0.05, 0.1) is 11.6 Å². The molecule has 2 aromatic rings. The van der Waals surface area contributed by atoms with Crippen LogP contribution in [0.1, 0.15) is 18.4 Å². The third-order valence-corrected chi connectivity index (χ3v) is 3.56. The van der Waals surface area contributed by atoms with Crippen molar-refractivity contribution in [2.75, 3.05) is 11.9 Å². The van der Waals surface area contributed by atoms with Crippen LogP contribution in [0.25, 0.3) is 10.9 Å². The summed E-state index contributed by atoms with van der Waals surface area (Å²) in [5.41, 5.74) is 2.11. The topological polar surface area (TPSA) is 45.2 Å². The number of aryl methyl sites for hydroxylation is 1. The van der Waals surface area contributed by atoms with Crippen molar-refractivity contribution in [3.05, 3.63) is 35.9 Å². The van der Waals surface area contributed by atoms with Crippen LogP contribution in [-0.4, -0.2) is 22.7 Å². The van der Waals surface area contributed by atoms with Crippen LogP contribution in [0, 0.1) is 12.8 Å². The van der Waals surface area contributed by atoms with Crippen molar-refractivity contribution in [2.45, 2.75) is 25.9 Å². The predicted octanol–water partition coefficient (Wildman–Crippen LogP) is 2.73. The highest BCUT2D eigenvalue weighted by atomic mass is 16.3. The molecule has 94 valence electrons. The van der Waals surface area contributed by atoms with E-state index in [0.29, 0.717) is 12.5 Å². The standard InChI is InChI=1S/C15H18N2O/c1-10-8-12-4-2-3-5-13(12)17-15(10)16-9-14(18)11-6-7-11/h2-5,8,11,14,18H,6-7,9H2,1H3,(H,16,17). The minimum Gasteiger partial charge on any atom is -0.391 e. The van der Waals surface area contributed by atoms with Crippen molar-refractivity contribution in [1.29, 1.82) is 0 Å². The first-order valence-electron chi connectivity index (χ1n) is 6.52. The molecule has 0 amide bonds. The van der Waals surface area contributed by atoms with E-state index in [1.165, 1.54) is 0 Å². The van der Waals surface area contributed by atoms with Gasteiger partial charge in [0.1, 0.15) is 5.82 Å². The second kappa shape index (κ2) is 4.58. The fourth-order valence-corrected chi connectivity index (χ4v) is 2.25. The van der Waals surface area contributed by atoms with Gasteiger partial charge in [0, 0.05) is 11.9 Å². The van der Waals surface area contributed by atoms with Crippen molar-refractivity contribution in [1.82, 2.24) is 4.98 Å². The summed E-state index contributed by atoms with van der Waals surface area (Å²) in [6.45, 7) is 2.64. The monoisotopic (exact) mass is 242 g/mol. The summed E-state index contributed by atoms with van der Waals surface area (Å²) >= 11 is 0. The normalized spacial score (nSPS) is 16.8. The lowest BCUT2D eigenvalue weighted by Crippen LogP contribution is -2.22. The molecular formula is C15H18N2O. The number of para-hydroxylation sites is 1. The van der Waals surface area contributed by atoms with Crippen LogP contribution in [0.5, 0.6) is 0 Å². The zero-order chi connectivity index (χ0) is 12.5. The molecule has 0 aliphatic heterocycles. The second-order valence-electron chi connectivity index (χ2n) is 5.13. The van der Waals surface area contributed by atoms with Crippen LogP contribution in [0.15, 0.2) is 30.3 Å². The number of pyridine rings is 1. The average molecular weight is 242 g/mol. The minimum atomic E-state index is -0.238. The van der Waals surface area contributed by atoms with E-state index < -0.39 is 0 Å². The summed E-state index contributed by atoms with van der Waals surface area (Å²) in [5.74, 6) is 1.38. The molecule has 0 radical (unpaired) electrons. The number of nitrogens with one attached hydrogen (secondary N) is 1. The zero-order valence-electron chi connectivity index (χ0n) is 10.6. The molecule has 1 heterocycles. The molecule has 0 bridgehead atoms. The Morgan fingerprint density at radius 1 is 1.39 bits per heavy atom. The highest BCUT2D eigenvalue weighted by molar-refractivity contribution is 5.81. The molecule has 3 rings (SSSR count). The fraction of sp³-hybridized carbons (Fsp3) is 0.400. The van der Waals surface area contributed by atoms with E-state index in [-0.39, 0.29) is 6.10 Å². The Morgan fingerprint density at radius 3 is 2.94 bits per heavy atom. The zero-order valence-corrected chi connectivity index (χ0v) is 10.6. The van der Waals surface area contributed by atoms with E-state index in [4.69, 9.17) is 0 Å². The number of benzene rings is 1. The number of aliphatic hydroxyl groups is 1. The van der Waals surface area contributed by atoms with E-state index in [2.05, 4.69) is 22.4 Å². The maximum absolute atomic E-state index is 9.86. The lowest BCUT2D eigenvalue weighted by molar-refractivity contribution is 0.164. The maximum Gasteiger partial charge on any atom is 0.129 e. The van der Waals surface area contributed by atoms with Crippen LogP contribution >= 0.6 is 0 Å². The van der Waals surface area contributed by atoms with Crippen LogP contribution in [-0.2, 0) is 0 Å². The molecule has 2 N–H and O–H groups in total. The van der Waals surface area contributed by atoms with Gasteiger partial charge in [0.15, 0.2) is 0 Å². The quantitative estimate of drug-likeness (QED) is 0.866. The van der Waals surface area contributed by atoms with E-state index in [9.17, 15) is 5.11 Å². The number of hydrogen-bond donors (Lipinski definition) is 2. The molecule has 1 aliphatic carbocycles. The largest absolute Gasteiger partial charge is 0.391 e. The Hall–Kier alpha value is -1.61. The van der Waals surface area contributed by atoms with Gasteiger partial charge in [-0.05, 0) is 43.4 Å². The van der Waals surface area contributed by atoms with Crippen LogP contribution in [0.4, 0.5) is 5.82 Å². The van der Waals surface area contributed by atoms with Gasteiger partial charge < -0.3 is 10.4 Å².